The Morgan fingerprint density at radius 3 is 2.63 bits per heavy atom. The van der Waals surface area contributed by atoms with Crippen molar-refractivity contribution in [1.82, 2.24) is 9.97 Å². The van der Waals surface area contributed by atoms with Gasteiger partial charge in [-0.15, -0.1) is 0 Å². The SMILES string of the molecule is Cc1ccc(C#N)cc1Oc1ncc(C(=O)O)cn1. The number of nitriles is 1. The lowest BCUT2D eigenvalue weighted by Crippen LogP contribution is -2.00. The Labute approximate surface area is 108 Å². The van der Waals surface area contributed by atoms with E-state index in [0.29, 0.717) is 11.3 Å². The Bertz CT molecular complexity index is 660. The number of aromatic carboxylic acids is 1. The molecule has 0 unspecified atom stereocenters. The first-order chi connectivity index (χ1) is 9.10. The van der Waals surface area contributed by atoms with Gasteiger partial charge in [0, 0.05) is 12.4 Å². The molecule has 94 valence electrons. The lowest BCUT2D eigenvalue weighted by Gasteiger charge is -2.06. The van der Waals surface area contributed by atoms with E-state index < -0.39 is 5.97 Å². The van der Waals surface area contributed by atoms with Crippen LogP contribution in [0.2, 0.25) is 0 Å². The van der Waals surface area contributed by atoms with Gasteiger partial charge in [-0.05, 0) is 24.6 Å². The van der Waals surface area contributed by atoms with Crippen molar-refractivity contribution in [2.75, 3.05) is 0 Å². The molecule has 0 aliphatic carbocycles. The molecule has 2 aromatic rings. The van der Waals surface area contributed by atoms with Crippen LogP contribution in [0.15, 0.2) is 30.6 Å². The van der Waals surface area contributed by atoms with Gasteiger partial charge in [0.05, 0.1) is 17.2 Å². The number of rotatable bonds is 3. The first-order valence-electron chi connectivity index (χ1n) is 5.34. The first-order valence-corrected chi connectivity index (χ1v) is 5.34. The van der Waals surface area contributed by atoms with Crippen LogP contribution in [0.5, 0.6) is 11.8 Å². The van der Waals surface area contributed by atoms with Crippen LogP contribution in [-0.2, 0) is 0 Å². The topological polar surface area (TPSA) is 96.1 Å². The summed E-state index contributed by atoms with van der Waals surface area (Å²) in [6, 6.07) is 7.04. The van der Waals surface area contributed by atoms with Crippen LogP contribution in [0.3, 0.4) is 0 Å². The van der Waals surface area contributed by atoms with E-state index in [1.54, 1.807) is 18.2 Å². The summed E-state index contributed by atoms with van der Waals surface area (Å²) in [7, 11) is 0. The maximum absolute atomic E-state index is 10.7. The van der Waals surface area contributed by atoms with Gasteiger partial charge in [-0.1, -0.05) is 6.07 Å². The van der Waals surface area contributed by atoms with E-state index in [1.807, 2.05) is 13.0 Å². The Morgan fingerprint density at radius 1 is 1.37 bits per heavy atom. The van der Waals surface area contributed by atoms with Crippen LogP contribution in [0.1, 0.15) is 21.5 Å². The van der Waals surface area contributed by atoms with Gasteiger partial charge in [0.1, 0.15) is 5.75 Å². The van der Waals surface area contributed by atoms with Gasteiger partial charge in [-0.3, -0.25) is 0 Å². The predicted molar refractivity (Wildman–Crippen MR) is 65.0 cm³/mol. The maximum atomic E-state index is 10.7. The van der Waals surface area contributed by atoms with Gasteiger partial charge >= 0.3 is 12.0 Å². The summed E-state index contributed by atoms with van der Waals surface area (Å²) < 4.78 is 5.42. The monoisotopic (exact) mass is 255 g/mol. The summed E-state index contributed by atoms with van der Waals surface area (Å²) in [6.45, 7) is 1.82. The minimum Gasteiger partial charge on any atom is -0.478 e. The van der Waals surface area contributed by atoms with Crippen LogP contribution >= 0.6 is 0 Å². The van der Waals surface area contributed by atoms with Crippen LogP contribution < -0.4 is 4.74 Å². The quantitative estimate of drug-likeness (QED) is 0.902. The van der Waals surface area contributed by atoms with Crippen molar-refractivity contribution >= 4 is 5.97 Å². The molecule has 1 heterocycles. The van der Waals surface area contributed by atoms with E-state index in [9.17, 15) is 4.79 Å². The third kappa shape index (κ3) is 2.84. The predicted octanol–water partition coefficient (Wildman–Crippen LogP) is 2.15. The third-order valence-corrected chi connectivity index (χ3v) is 2.39. The van der Waals surface area contributed by atoms with Crippen molar-refractivity contribution in [3.63, 3.8) is 0 Å². The zero-order chi connectivity index (χ0) is 13.8. The lowest BCUT2D eigenvalue weighted by molar-refractivity contribution is 0.0696. The molecule has 0 atom stereocenters. The molecule has 19 heavy (non-hydrogen) atoms. The number of carboxylic acids is 1. The summed E-state index contributed by atoms with van der Waals surface area (Å²) >= 11 is 0. The zero-order valence-corrected chi connectivity index (χ0v) is 9.99. The molecule has 0 aliphatic heterocycles. The molecule has 6 heteroatoms. The second-order valence-electron chi connectivity index (χ2n) is 3.75. The number of carbonyl (C=O) groups is 1. The second-order valence-corrected chi connectivity index (χ2v) is 3.75. The minimum absolute atomic E-state index is 0.0187. The van der Waals surface area contributed by atoms with E-state index >= 15 is 0 Å². The van der Waals surface area contributed by atoms with Gasteiger partial charge in [0.2, 0.25) is 0 Å². The molecule has 0 radical (unpaired) electrons. The van der Waals surface area contributed by atoms with Crippen LogP contribution in [-0.4, -0.2) is 21.0 Å². The second kappa shape index (κ2) is 5.14. The highest BCUT2D eigenvalue weighted by Gasteiger charge is 2.08. The van der Waals surface area contributed by atoms with Gasteiger partial charge in [-0.25, -0.2) is 14.8 Å². The number of aryl methyl sites for hydroxylation is 1. The highest BCUT2D eigenvalue weighted by Crippen LogP contribution is 2.23. The van der Waals surface area contributed by atoms with Crippen molar-refractivity contribution in [3.8, 4) is 17.8 Å². The van der Waals surface area contributed by atoms with Crippen molar-refractivity contribution < 1.29 is 14.6 Å². The number of aromatic nitrogens is 2. The Balaban J connectivity index is 2.26. The third-order valence-electron chi connectivity index (χ3n) is 2.39. The average molecular weight is 255 g/mol. The number of benzene rings is 1. The van der Waals surface area contributed by atoms with Crippen LogP contribution in [0.4, 0.5) is 0 Å². The molecule has 1 aromatic heterocycles. The largest absolute Gasteiger partial charge is 0.478 e. The van der Waals surface area contributed by atoms with E-state index in [-0.39, 0.29) is 11.6 Å². The summed E-state index contributed by atoms with van der Waals surface area (Å²) in [4.78, 5) is 18.2. The van der Waals surface area contributed by atoms with E-state index in [2.05, 4.69) is 9.97 Å². The standard InChI is InChI=1S/C13H9N3O3/c1-8-2-3-9(5-14)4-11(8)19-13-15-6-10(7-16-13)12(17)18/h2-4,6-7H,1H3,(H,17,18). The Morgan fingerprint density at radius 2 is 2.05 bits per heavy atom. The molecule has 1 aromatic carbocycles. The lowest BCUT2D eigenvalue weighted by atomic mass is 10.1. The minimum atomic E-state index is -1.10. The molecule has 0 amide bonds. The summed E-state index contributed by atoms with van der Waals surface area (Å²) in [5.74, 6) is -0.642. The van der Waals surface area contributed by atoms with Crippen molar-refractivity contribution in [2.24, 2.45) is 0 Å². The number of carboxylic acid groups (broad SMARTS) is 1. The van der Waals surface area contributed by atoms with Crippen molar-refractivity contribution in [2.45, 2.75) is 6.92 Å². The molecule has 0 saturated heterocycles. The van der Waals surface area contributed by atoms with E-state index in [1.165, 1.54) is 0 Å². The van der Waals surface area contributed by atoms with E-state index in [4.69, 9.17) is 15.1 Å². The van der Waals surface area contributed by atoms with Gasteiger partial charge in [0.25, 0.3) is 0 Å². The number of hydrogen-bond donors (Lipinski definition) is 1. The molecular weight excluding hydrogens is 246 g/mol. The molecule has 0 bridgehead atoms. The molecular formula is C13H9N3O3. The molecule has 0 fully saturated rings. The highest BCUT2D eigenvalue weighted by molar-refractivity contribution is 5.86. The van der Waals surface area contributed by atoms with Crippen LogP contribution in [0, 0.1) is 18.3 Å². The molecule has 6 nitrogen and oxygen atoms in total. The number of nitrogens with zero attached hydrogens (tertiary/aromatic N) is 3. The van der Waals surface area contributed by atoms with Gasteiger partial charge < -0.3 is 9.84 Å². The van der Waals surface area contributed by atoms with Crippen molar-refractivity contribution in [1.29, 1.82) is 5.26 Å². The summed E-state index contributed by atoms with van der Waals surface area (Å²) in [6.07, 6.45) is 2.32. The van der Waals surface area contributed by atoms with Crippen LogP contribution in [0.25, 0.3) is 0 Å². The Kier molecular flexibility index (Phi) is 3.39. The number of hydrogen-bond acceptors (Lipinski definition) is 5. The summed E-state index contributed by atoms with van der Waals surface area (Å²) in [5, 5.41) is 17.5. The maximum Gasteiger partial charge on any atom is 0.338 e. The van der Waals surface area contributed by atoms with E-state index in [0.717, 1.165) is 18.0 Å². The highest BCUT2D eigenvalue weighted by atomic mass is 16.5. The van der Waals surface area contributed by atoms with Gasteiger partial charge in [0.15, 0.2) is 0 Å². The number of ether oxygens (including phenoxy) is 1. The molecule has 0 spiro atoms. The summed E-state index contributed by atoms with van der Waals surface area (Å²) in [5.41, 5.74) is 1.27. The first kappa shape index (κ1) is 12.5. The molecule has 2 rings (SSSR count). The smallest absolute Gasteiger partial charge is 0.338 e. The zero-order valence-electron chi connectivity index (χ0n) is 9.99. The Hall–Kier alpha value is -2.94. The average Bonchev–Trinajstić information content (AvgIpc) is 2.42. The van der Waals surface area contributed by atoms with Crippen molar-refractivity contribution in [3.05, 3.63) is 47.3 Å². The molecule has 1 N–H and O–H groups in total. The fourth-order valence-corrected chi connectivity index (χ4v) is 1.36. The molecule has 0 aliphatic rings. The van der Waals surface area contributed by atoms with Gasteiger partial charge in [-0.2, -0.15) is 5.26 Å². The molecule has 0 saturated carbocycles. The fraction of sp³-hybridized carbons (Fsp3) is 0.0769. The fourth-order valence-electron chi connectivity index (χ4n) is 1.36. The normalized spacial score (nSPS) is 9.68.